The van der Waals surface area contributed by atoms with Crippen molar-refractivity contribution in [3.8, 4) is 0 Å². The van der Waals surface area contributed by atoms with Gasteiger partial charge in [0.2, 0.25) is 10.0 Å². The molecule has 0 saturated carbocycles. The molecule has 1 amide bonds. The van der Waals surface area contributed by atoms with E-state index in [1.54, 1.807) is 17.6 Å². The topological polar surface area (TPSA) is 91.8 Å². The normalized spacial score (nSPS) is 15.4. The van der Waals surface area contributed by atoms with E-state index in [9.17, 15) is 13.2 Å². The Morgan fingerprint density at radius 3 is 2.57 bits per heavy atom. The average Bonchev–Trinajstić information content (AvgIpc) is 3.22. The Morgan fingerprint density at radius 2 is 1.96 bits per heavy atom. The lowest BCUT2D eigenvalue weighted by Crippen LogP contribution is -2.41. The van der Waals surface area contributed by atoms with Crippen molar-refractivity contribution in [1.29, 1.82) is 0 Å². The van der Waals surface area contributed by atoms with Crippen LogP contribution in [0.5, 0.6) is 0 Å². The maximum Gasteiger partial charge on any atom is 0.267 e. The molecule has 10 heteroatoms. The van der Waals surface area contributed by atoms with Crippen LogP contribution in [0.3, 0.4) is 0 Å². The molecule has 0 aliphatic carbocycles. The summed E-state index contributed by atoms with van der Waals surface area (Å²) in [6.07, 6.45) is 1.58. The van der Waals surface area contributed by atoms with E-state index in [0.717, 1.165) is 30.2 Å². The number of thiophene rings is 1. The fraction of sp³-hybridized carbons (Fsp3) is 0.444. The zero-order valence-electron chi connectivity index (χ0n) is 15.9. The highest BCUT2D eigenvalue weighted by Crippen LogP contribution is 2.27. The van der Waals surface area contributed by atoms with Crippen molar-refractivity contribution >= 4 is 38.8 Å². The van der Waals surface area contributed by atoms with E-state index in [-0.39, 0.29) is 22.9 Å². The van der Waals surface area contributed by atoms with Gasteiger partial charge in [0.25, 0.3) is 5.91 Å². The highest BCUT2D eigenvalue weighted by Gasteiger charge is 2.31. The Kier molecular flexibility index (Phi) is 6.65. The van der Waals surface area contributed by atoms with Gasteiger partial charge < -0.3 is 15.0 Å². The van der Waals surface area contributed by atoms with Crippen molar-refractivity contribution in [3.05, 3.63) is 34.7 Å². The Hall–Kier alpha value is -2.01. The minimum atomic E-state index is -3.73. The number of pyridine rings is 1. The molecule has 152 valence electrons. The molecule has 2 aromatic heterocycles. The summed E-state index contributed by atoms with van der Waals surface area (Å²) in [7, 11) is -3.73. The molecule has 2 aromatic rings. The molecule has 0 aromatic carbocycles. The van der Waals surface area contributed by atoms with Crippen LogP contribution in [0.15, 0.2) is 34.7 Å². The minimum Gasteiger partial charge on any atom is -0.379 e. The first-order valence-corrected chi connectivity index (χ1v) is 11.5. The van der Waals surface area contributed by atoms with Crippen LogP contribution in [0, 0.1) is 0 Å². The van der Waals surface area contributed by atoms with Crippen molar-refractivity contribution in [2.45, 2.75) is 18.7 Å². The lowest BCUT2D eigenvalue weighted by molar-refractivity contribution is 0.0730. The minimum absolute atomic E-state index is 0.0321. The standard InChI is InChI=1S/C18H24N4O4S2/c1-3-21(4-2)16-6-5-14(13-19-16)20-18(23)17-15(7-12-27-17)28(24,25)22-8-10-26-11-9-22/h5-7,12-13H,3-4,8-11H2,1-2H3,(H,20,23). The smallest absolute Gasteiger partial charge is 0.267 e. The van der Waals surface area contributed by atoms with Gasteiger partial charge in [-0.15, -0.1) is 11.3 Å². The van der Waals surface area contributed by atoms with Crippen LogP contribution in [0.1, 0.15) is 23.5 Å². The van der Waals surface area contributed by atoms with Crippen molar-refractivity contribution in [3.63, 3.8) is 0 Å². The monoisotopic (exact) mass is 424 g/mol. The van der Waals surface area contributed by atoms with Gasteiger partial charge in [-0.3, -0.25) is 4.79 Å². The first-order chi connectivity index (χ1) is 13.5. The second-order valence-corrected chi connectivity index (χ2v) is 8.98. The first kappa shape index (κ1) is 20.7. The summed E-state index contributed by atoms with van der Waals surface area (Å²) < 4.78 is 32.4. The summed E-state index contributed by atoms with van der Waals surface area (Å²) in [5.41, 5.74) is 0.518. The lowest BCUT2D eigenvalue weighted by Gasteiger charge is -2.26. The van der Waals surface area contributed by atoms with E-state index in [2.05, 4.69) is 15.2 Å². The van der Waals surface area contributed by atoms with Gasteiger partial charge in [-0.1, -0.05) is 0 Å². The number of hydrogen-bond acceptors (Lipinski definition) is 7. The maximum absolute atomic E-state index is 12.9. The molecule has 3 heterocycles. The molecule has 0 unspecified atom stereocenters. The number of nitrogens with zero attached hydrogens (tertiary/aromatic N) is 3. The average molecular weight is 425 g/mol. The number of nitrogens with one attached hydrogen (secondary N) is 1. The highest BCUT2D eigenvalue weighted by molar-refractivity contribution is 7.89. The second-order valence-electron chi connectivity index (χ2n) is 6.16. The van der Waals surface area contributed by atoms with Crippen molar-refractivity contribution in [1.82, 2.24) is 9.29 Å². The van der Waals surface area contributed by atoms with Gasteiger partial charge in [0.1, 0.15) is 15.6 Å². The number of sulfonamides is 1. The molecule has 1 N–H and O–H groups in total. The predicted octanol–water partition coefficient (Wildman–Crippen LogP) is 2.26. The molecule has 1 fully saturated rings. The van der Waals surface area contributed by atoms with E-state index in [0.29, 0.717) is 18.9 Å². The first-order valence-electron chi connectivity index (χ1n) is 9.15. The molecule has 3 rings (SSSR count). The summed E-state index contributed by atoms with van der Waals surface area (Å²) in [6.45, 7) is 7.07. The van der Waals surface area contributed by atoms with E-state index < -0.39 is 15.9 Å². The summed E-state index contributed by atoms with van der Waals surface area (Å²) in [5.74, 6) is 0.369. The van der Waals surface area contributed by atoms with Crippen LogP contribution in [0.25, 0.3) is 0 Å². The fourth-order valence-corrected chi connectivity index (χ4v) is 5.68. The molecule has 28 heavy (non-hydrogen) atoms. The summed E-state index contributed by atoms with van der Waals surface area (Å²) in [6, 6.07) is 5.08. The van der Waals surface area contributed by atoms with Crippen LogP contribution < -0.4 is 10.2 Å². The van der Waals surface area contributed by atoms with Gasteiger partial charge in [0, 0.05) is 26.2 Å². The van der Waals surface area contributed by atoms with Crippen LogP contribution in [0.2, 0.25) is 0 Å². The van der Waals surface area contributed by atoms with Crippen molar-refractivity contribution < 1.29 is 17.9 Å². The molecule has 0 spiro atoms. The van der Waals surface area contributed by atoms with E-state index in [4.69, 9.17) is 4.74 Å². The summed E-state index contributed by atoms with van der Waals surface area (Å²) >= 11 is 1.11. The lowest BCUT2D eigenvalue weighted by atomic mass is 10.3. The Balaban J connectivity index is 1.76. The van der Waals surface area contributed by atoms with Gasteiger partial charge in [0.15, 0.2) is 0 Å². The van der Waals surface area contributed by atoms with E-state index in [1.807, 2.05) is 19.9 Å². The fourth-order valence-electron chi connectivity index (χ4n) is 2.97. The molecule has 1 aliphatic rings. The third kappa shape index (κ3) is 4.35. The highest BCUT2D eigenvalue weighted by atomic mass is 32.2. The Bertz CT molecular complexity index is 902. The molecular formula is C18H24N4O4S2. The molecule has 0 atom stereocenters. The second kappa shape index (κ2) is 8.99. The van der Waals surface area contributed by atoms with Crippen molar-refractivity contribution in [2.24, 2.45) is 0 Å². The van der Waals surface area contributed by atoms with Crippen molar-refractivity contribution in [2.75, 3.05) is 49.6 Å². The Labute approximate surface area is 169 Å². The van der Waals surface area contributed by atoms with Crippen LogP contribution in [-0.2, 0) is 14.8 Å². The Morgan fingerprint density at radius 1 is 1.25 bits per heavy atom. The molecule has 1 saturated heterocycles. The number of carbonyl (C=O) groups is 1. The maximum atomic E-state index is 12.9. The zero-order chi connectivity index (χ0) is 20.1. The summed E-state index contributed by atoms with van der Waals surface area (Å²) in [5, 5.41) is 4.36. The number of amides is 1. The van der Waals surface area contributed by atoms with Gasteiger partial charge in [-0.05, 0) is 37.4 Å². The molecule has 0 radical (unpaired) electrons. The number of ether oxygens (including phenoxy) is 1. The van der Waals surface area contributed by atoms with Gasteiger partial charge in [-0.2, -0.15) is 4.31 Å². The number of morpholine rings is 1. The van der Waals surface area contributed by atoms with Gasteiger partial charge in [0.05, 0.1) is 25.1 Å². The molecule has 1 aliphatic heterocycles. The molecule has 8 nitrogen and oxygen atoms in total. The largest absolute Gasteiger partial charge is 0.379 e. The van der Waals surface area contributed by atoms with E-state index >= 15 is 0 Å². The zero-order valence-corrected chi connectivity index (χ0v) is 17.6. The number of rotatable bonds is 7. The number of aromatic nitrogens is 1. The SMILES string of the molecule is CCN(CC)c1ccc(NC(=O)c2sccc2S(=O)(=O)N2CCOCC2)cn1. The molecule has 0 bridgehead atoms. The number of carbonyl (C=O) groups excluding carboxylic acids is 1. The summed E-state index contributed by atoms with van der Waals surface area (Å²) in [4.78, 5) is 19.4. The van der Waals surface area contributed by atoms with Gasteiger partial charge in [-0.25, -0.2) is 13.4 Å². The van der Waals surface area contributed by atoms with Crippen LogP contribution in [0.4, 0.5) is 11.5 Å². The quantitative estimate of drug-likeness (QED) is 0.733. The van der Waals surface area contributed by atoms with Crippen LogP contribution >= 0.6 is 11.3 Å². The third-order valence-electron chi connectivity index (χ3n) is 4.52. The number of hydrogen-bond donors (Lipinski definition) is 1. The molecular weight excluding hydrogens is 400 g/mol. The van der Waals surface area contributed by atoms with E-state index in [1.165, 1.54) is 10.4 Å². The van der Waals surface area contributed by atoms with Crippen LogP contribution in [-0.4, -0.2) is 63.0 Å². The number of anilines is 2. The third-order valence-corrected chi connectivity index (χ3v) is 7.50. The van der Waals surface area contributed by atoms with Gasteiger partial charge >= 0.3 is 0 Å². The predicted molar refractivity (Wildman–Crippen MR) is 110 cm³/mol.